The van der Waals surface area contributed by atoms with E-state index in [0.717, 1.165) is 25.1 Å². The fraction of sp³-hybridized carbons (Fsp3) is 0.500. The first kappa shape index (κ1) is 12.7. The summed E-state index contributed by atoms with van der Waals surface area (Å²) in [6.07, 6.45) is 2.27. The number of rotatable bonds is 1. The van der Waals surface area contributed by atoms with Gasteiger partial charge in [-0.1, -0.05) is 6.92 Å². The minimum Gasteiger partial charge on any atom is -0.398 e. The molecule has 4 nitrogen and oxygen atoms in total. The van der Waals surface area contributed by atoms with Crippen LogP contribution >= 0.6 is 0 Å². The molecule has 18 heavy (non-hydrogen) atoms. The molecule has 1 aromatic rings. The highest BCUT2D eigenvalue weighted by Crippen LogP contribution is 2.23. The van der Waals surface area contributed by atoms with Gasteiger partial charge in [-0.25, -0.2) is 0 Å². The van der Waals surface area contributed by atoms with Crippen molar-refractivity contribution < 1.29 is 4.79 Å². The van der Waals surface area contributed by atoms with Crippen LogP contribution < -0.4 is 11.5 Å². The van der Waals surface area contributed by atoms with Crippen LogP contribution in [0.25, 0.3) is 0 Å². The van der Waals surface area contributed by atoms with Gasteiger partial charge in [-0.2, -0.15) is 0 Å². The number of likely N-dealkylation sites (tertiary alicyclic amines) is 1. The summed E-state index contributed by atoms with van der Waals surface area (Å²) in [5.41, 5.74) is 14.4. The van der Waals surface area contributed by atoms with E-state index in [9.17, 15) is 4.79 Å². The lowest BCUT2D eigenvalue weighted by molar-refractivity contribution is 0.0683. The third-order valence-corrected chi connectivity index (χ3v) is 3.68. The number of hydrogen-bond donors (Lipinski definition) is 2. The second-order valence-electron chi connectivity index (χ2n) is 5.28. The molecular weight excluding hydrogens is 226 g/mol. The Labute approximate surface area is 108 Å². The van der Waals surface area contributed by atoms with Crippen LogP contribution in [0.4, 0.5) is 11.4 Å². The lowest BCUT2D eigenvalue weighted by Gasteiger charge is -2.31. The first-order valence-electron chi connectivity index (χ1n) is 6.44. The van der Waals surface area contributed by atoms with Gasteiger partial charge >= 0.3 is 0 Å². The van der Waals surface area contributed by atoms with Crippen LogP contribution in [0.5, 0.6) is 0 Å². The van der Waals surface area contributed by atoms with Crippen molar-refractivity contribution in [2.24, 2.45) is 5.92 Å². The zero-order chi connectivity index (χ0) is 13.3. The minimum absolute atomic E-state index is 0.0416. The highest BCUT2D eigenvalue weighted by Gasteiger charge is 2.22. The van der Waals surface area contributed by atoms with Gasteiger partial charge in [-0.15, -0.1) is 0 Å². The number of amides is 1. The Morgan fingerprint density at radius 3 is 2.50 bits per heavy atom. The number of carbonyl (C=O) groups is 1. The largest absolute Gasteiger partial charge is 0.398 e. The van der Waals surface area contributed by atoms with Crippen LogP contribution in [0.2, 0.25) is 0 Å². The monoisotopic (exact) mass is 247 g/mol. The predicted octanol–water partition coefficient (Wildman–Crippen LogP) is 2.03. The molecule has 0 radical (unpaired) electrons. The second-order valence-corrected chi connectivity index (χ2v) is 5.28. The molecule has 0 spiro atoms. The summed E-state index contributed by atoms with van der Waals surface area (Å²) in [7, 11) is 0. The van der Waals surface area contributed by atoms with Crippen molar-refractivity contribution in [3.8, 4) is 0 Å². The van der Waals surface area contributed by atoms with Crippen molar-refractivity contribution in [2.45, 2.75) is 26.7 Å². The molecule has 0 unspecified atom stereocenters. The van der Waals surface area contributed by atoms with Crippen molar-refractivity contribution in [1.82, 2.24) is 4.90 Å². The lowest BCUT2D eigenvalue weighted by Crippen LogP contribution is -2.39. The summed E-state index contributed by atoms with van der Waals surface area (Å²) in [6, 6.07) is 3.46. The molecule has 0 aromatic heterocycles. The van der Waals surface area contributed by atoms with E-state index in [1.165, 1.54) is 6.42 Å². The Morgan fingerprint density at radius 2 is 1.94 bits per heavy atom. The molecule has 1 atom stereocenters. The Morgan fingerprint density at radius 1 is 1.33 bits per heavy atom. The molecule has 4 heteroatoms. The summed E-state index contributed by atoms with van der Waals surface area (Å²) >= 11 is 0. The van der Waals surface area contributed by atoms with Crippen LogP contribution in [-0.2, 0) is 0 Å². The van der Waals surface area contributed by atoms with Gasteiger partial charge in [0.15, 0.2) is 0 Å². The average Bonchev–Trinajstić information content (AvgIpc) is 2.34. The van der Waals surface area contributed by atoms with Gasteiger partial charge in [0.05, 0.1) is 0 Å². The highest BCUT2D eigenvalue weighted by molar-refractivity contribution is 5.96. The number of nitrogens with zero attached hydrogens (tertiary/aromatic N) is 1. The van der Waals surface area contributed by atoms with Gasteiger partial charge in [0.1, 0.15) is 0 Å². The van der Waals surface area contributed by atoms with Gasteiger partial charge in [0.25, 0.3) is 5.91 Å². The predicted molar refractivity (Wildman–Crippen MR) is 74.3 cm³/mol. The molecule has 0 bridgehead atoms. The molecule has 1 aliphatic rings. The van der Waals surface area contributed by atoms with Crippen molar-refractivity contribution in [1.29, 1.82) is 0 Å². The van der Waals surface area contributed by atoms with E-state index in [2.05, 4.69) is 6.92 Å². The molecule has 1 fully saturated rings. The molecule has 0 saturated carbocycles. The topological polar surface area (TPSA) is 72.4 Å². The smallest absolute Gasteiger partial charge is 0.254 e. The van der Waals surface area contributed by atoms with E-state index in [0.29, 0.717) is 22.9 Å². The molecule has 1 aliphatic heterocycles. The zero-order valence-corrected chi connectivity index (χ0v) is 11.1. The van der Waals surface area contributed by atoms with E-state index in [1.807, 2.05) is 11.8 Å². The zero-order valence-electron chi connectivity index (χ0n) is 11.1. The number of benzene rings is 1. The molecule has 0 aliphatic carbocycles. The van der Waals surface area contributed by atoms with Crippen molar-refractivity contribution in [3.05, 3.63) is 23.3 Å². The minimum atomic E-state index is 0.0416. The standard InChI is InChI=1S/C14H21N3O/c1-9-4-3-5-17(8-9)14(18)11-6-12(15)10(2)13(16)7-11/h6-7,9H,3-5,8,15-16H2,1-2H3/t9-/m0/s1. The first-order chi connectivity index (χ1) is 8.49. The lowest BCUT2D eigenvalue weighted by atomic mass is 9.99. The Balaban J connectivity index is 2.23. The molecular formula is C14H21N3O. The van der Waals surface area contributed by atoms with Crippen molar-refractivity contribution >= 4 is 17.3 Å². The average molecular weight is 247 g/mol. The molecule has 1 aromatic carbocycles. The van der Waals surface area contributed by atoms with Crippen LogP contribution in [0, 0.1) is 12.8 Å². The molecule has 2 rings (SSSR count). The maximum absolute atomic E-state index is 12.4. The Bertz CT molecular complexity index is 447. The summed E-state index contributed by atoms with van der Waals surface area (Å²) in [6.45, 7) is 5.70. The number of hydrogen-bond acceptors (Lipinski definition) is 3. The number of nitrogens with two attached hydrogens (primary N) is 2. The fourth-order valence-electron chi connectivity index (χ4n) is 2.44. The molecule has 1 heterocycles. The molecule has 98 valence electrons. The molecule has 1 saturated heterocycles. The first-order valence-corrected chi connectivity index (χ1v) is 6.44. The number of carbonyl (C=O) groups excluding carboxylic acids is 1. The number of anilines is 2. The van der Waals surface area contributed by atoms with Crippen molar-refractivity contribution in [3.63, 3.8) is 0 Å². The second kappa shape index (κ2) is 4.88. The van der Waals surface area contributed by atoms with E-state index in [1.54, 1.807) is 12.1 Å². The normalized spacial score (nSPS) is 19.9. The highest BCUT2D eigenvalue weighted by atomic mass is 16.2. The molecule has 4 N–H and O–H groups in total. The summed E-state index contributed by atoms with van der Waals surface area (Å²) in [5, 5.41) is 0. The quantitative estimate of drug-likeness (QED) is 0.746. The van der Waals surface area contributed by atoms with E-state index < -0.39 is 0 Å². The third-order valence-electron chi connectivity index (χ3n) is 3.68. The Kier molecular flexibility index (Phi) is 3.45. The molecule has 1 amide bonds. The van der Waals surface area contributed by atoms with E-state index >= 15 is 0 Å². The van der Waals surface area contributed by atoms with Crippen LogP contribution in [-0.4, -0.2) is 23.9 Å². The van der Waals surface area contributed by atoms with Gasteiger partial charge in [-0.05, 0) is 43.4 Å². The SMILES string of the molecule is Cc1c(N)cc(C(=O)N2CCC[C@H](C)C2)cc1N. The van der Waals surface area contributed by atoms with E-state index in [4.69, 9.17) is 11.5 Å². The Hall–Kier alpha value is -1.71. The summed E-state index contributed by atoms with van der Waals surface area (Å²) < 4.78 is 0. The fourth-order valence-corrected chi connectivity index (χ4v) is 2.44. The maximum Gasteiger partial charge on any atom is 0.254 e. The summed E-state index contributed by atoms with van der Waals surface area (Å²) in [4.78, 5) is 14.3. The van der Waals surface area contributed by atoms with Crippen molar-refractivity contribution in [2.75, 3.05) is 24.6 Å². The number of piperidine rings is 1. The van der Waals surface area contributed by atoms with E-state index in [-0.39, 0.29) is 5.91 Å². The summed E-state index contributed by atoms with van der Waals surface area (Å²) in [5.74, 6) is 0.614. The van der Waals surface area contributed by atoms with Crippen LogP contribution in [0.3, 0.4) is 0 Å². The van der Waals surface area contributed by atoms with Crippen LogP contribution in [0.15, 0.2) is 12.1 Å². The third kappa shape index (κ3) is 2.42. The van der Waals surface area contributed by atoms with Crippen LogP contribution in [0.1, 0.15) is 35.7 Å². The maximum atomic E-state index is 12.4. The van der Waals surface area contributed by atoms with Gasteiger partial charge in [-0.3, -0.25) is 4.79 Å². The van der Waals surface area contributed by atoms with Gasteiger partial charge < -0.3 is 16.4 Å². The van der Waals surface area contributed by atoms with Gasteiger partial charge in [0.2, 0.25) is 0 Å². The number of nitrogen functional groups attached to an aromatic ring is 2. The van der Waals surface area contributed by atoms with Gasteiger partial charge in [0, 0.05) is 30.0 Å².